The van der Waals surface area contributed by atoms with Crippen molar-refractivity contribution in [1.29, 1.82) is 0 Å². The molecule has 0 aromatic carbocycles. The SMILES string of the molecule is CCC(NC(=O)c1sc2ncccc2c1N)C(C)C. The van der Waals surface area contributed by atoms with Gasteiger partial charge in [-0.1, -0.05) is 20.8 Å². The van der Waals surface area contributed by atoms with Gasteiger partial charge in [-0.15, -0.1) is 11.3 Å². The molecule has 0 radical (unpaired) electrons. The van der Waals surface area contributed by atoms with Gasteiger partial charge in [0.1, 0.15) is 9.71 Å². The molecule has 0 aliphatic rings. The number of nitrogen functional groups attached to an aromatic ring is 1. The first-order chi connectivity index (χ1) is 9.04. The third kappa shape index (κ3) is 2.71. The first-order valence-corrected chi connectivity index (χ1v) is 7.30. The number of hydrogen-bond donors (Lipinski definition) is 2. The number of anilines is 1. The Bertz CT molecular complexity index is 591. The summed E-state index contributed by atoms with van der Waals surface area (Å²) in [6, 6.07) is 3.89. The van der Waals surface area contributed by atoms with E-state index in [2.05, 4.69) is 31.1 Å². The molecule has 0 bridgehead atoms. The Kier molecular flexibility index (Phi) is 4.04. The maximum Gasteiger partial charge on any atom is 0.263 e. The summed E-state index contributed by atoms with van der Waals surface area (Å²) < 4.78 is 0. The number of fused-ring (bicyclic) bond motifs is 1. The van der Waals surface area contributed by atoms with E-state index in [4.69, 9.17) is 5.73 Å². The number of nitrogens with zero attached hydrogens (tertiary/aromatic N) is 1. The van der Waals surface area contributed by atoms with Gasteiger partial charge in [-0.05, 0) is 24.5 Å². The van der Waals surface area contributed by atoms with E-state index in [1.807, 2.05) is 12.1 Å². The highest BCUT2D eigenvalue weighted by molar-refractivity contribution is 7.21. The lowest BCUT2D eigenvalue weighted by molar-refractivity contribution is 0.0929. The van der Waals surface area contributed by atoms with Crippen LogP contribution in [0, 0.1) is 5.92 Å². The lowest BCUT2D eigenvalue weighted by Crippen LogP contribution is -2.37. The van der Waals surface area contributed by atoms with E-state index in [0.29, 0.717) is 16.5 Å². The van der Waals surface area contributed by atoms with Gasteiger partial charge in [-0.25, -0.2) is 4.98 Å². The molecule has 5 heteroatoms. The fourth-order valence-electron chi connectivity index (χ4n) is 2.09. The van der Waals surface area contributed by atoms with Crippen LogP contribution in [-0.4, -0.2) is 16.9 Å². The van der Waals surface area contributed by atoms with Crippen molar-refractivity contribution < 1.29 is 4.79 Å². The number of carbonyl (C=O) groups excluding carboxylic acids is 1. The zero-order chi connectivity index (χ0) is 14.0. The zero-order valence-corrected chi connectivity index (χ0v) is 12.3. The number of carbonyl (C=O) groups is 1. The minimum Gasteiger partial charge on any atom is -0.397 e. The van der Waals surface area contributed by atoms with Crippen LogP contribution in [0.1, 0.15) is 36.9 Å². The molecule has 2 aromatic rings. The molecule has 1 amide bonds. The molecule has 0 aliphatic heterocycles. The van der Waals surface area contributed by atoms with Crippen molar-refractivity contribution in [3.63, 3.8) is 0 Å². The average molecular weight is 277 g/mol. The topological polar surface area (TPSA) is 68.0 Å². The molecule has 0 spiro atoms. The minimum atomic E-state index is -0.0963. The predicted octanol–water partition coefficient (Wildman–Crippen LogP) is 3.04. The fourth-order valence-corrected chi connectivity index (χ4v) is 3.06. The lowest BCUT2D eigenvalue weighted by Gasteiger charge is -2.20. The average Bonchev–Trinajstić information content (AvgIpc) is 2.73. The molecule has 0 saturated heterocycles. The zero-order valence-electron chi connectivity index (χ0n) is 11.4. The normalized spacial score (nSPS) is 12.8. The van der Waals surface area contributed by atoms with E-state index in [1.54, 1.807) is 6.20 Å². The number of hydrogen-bond acceptors (Lipinski definition) is 4. The molecular formula is C14H19N3OS. The van der Waals surface area contributed by atoms with Crippen LogP contribution >= 0.6 is 11.3 Å². The molecular weight excluding hydrogens is 258 g/mol. The summed E-state index contributed by atoms with van der Waals surface area (Å²) in [5.41, 5.74) is 6.57. The molecule has 3 N–H and O–H groups in total. The minimum absolute atomic E-state index is 0.0963. The molecule has 19 heavy (non-hydrogen) atoms. The van der Waals surface area contributed by atoms with E-state index in [1.165, 1.54) is 11.3 Å². The van der Waals surface area contributed by atoms with Crippen molar-refractivity contribution in [3.05, 3.63) is 23.2 Å². The Balaban J connectivity index is 2.29. The first kappa shape index (κ1) is 13.8. The molecule has 102 valence electrons. The molecule has 4 nitrogen and oxygen atoms in total. The van der Waals surface area contributed by atoms with Crippen molar-refractivity contribution >= 4 is 33.1 Å². The lowest BCUT2D eigenvalue weighted by atomic mass is 10.0. The van der Waals surface area contributed by atoms with Gasteiger partial charge in [-0.3, -0.25) is 4.79 Å². The van der Waals surface area contributed by atoms with E-state index >= 15 is 0 Å². The number of aromatic nitrogens is 1. The van der Waals surface area contributed by atoms with Crippen LogP contribution in [0.3, 0.4) is 0 Å². The molecule has 0 saturated carbocycles. The van der Waals surface area contributed by atoms with Crippen LogP contribution < -0.4 is 11.1 Å². The van der Waals surface area contributed by atoms with Crippen molar-refractivity contribution in [2.45, 2.75) is 33.2 Å². The van der Waals surface area contributed by atoms with Crippen LogP contribution in [0.25, 0.3) is 10.2 Å². The van der Waals surface area contributed by atoms with Crippen LogP contribution in [0.5, 0.6) is 0 Å². The summed E-state index contributed by atoms with van der Waals surface area (Å²) in [5, 5.41) is 3.90. The maximum atomic E-state index is 12.3. The van der Waals surface area contributed by atoms with E-state index in [-0.39, 0.29) is 11.9 Å². The largest absolute Gasteiger partial charge is 0.397 e. The quantitative estimate of drug-likeness (QED) is 0.902. The van der Waals surface area contributed by atoms with Crippen molar-refractivity contribution in [2.24, 2.45) is 5.92 Å². The number of pyridine rings is 1. The second-order valence-corrected chi connectivity index (χ2v) is 5.93. The van der Waals surface area contributed by atoms with Crippen molar-refractivity contribution in [2.75, 3.05) is 5.73 Å². The van der Waals surface area contributed by atoms with Gasteiger partial charge in [0, 0.05) is 17.6 Å². The number of rotatable bonds is 4. The number of thiophene rings is 1. The van der Waals surface area contributed by atoms with Crippen molar-refractivity contribution in [3.8, 4) is 0 Å². The molecule has 2 rings (SSSR count). The third-order valence-corrected chi connectivity index (χ3v) is 4.40. The van der Waals surface area contributed by atoms with E-state index in [9.17, 15) is 4.79 Å². The van der Waals surface area contributed by atoms with Crippen molar-refractivity contribution in [1.82, 2.24) is 10.3 Å². The van der Waals surface area contributed by atoms with Gasteiger partial charge in [0.25, 0.3) is 5.91 Å². The monoisotopic (exact) mass is 277 g/mol. The van der Waals surface area contributed by atoms with Gasteiger partial charge < -0.3 is 11.1 Å². The Morgan fingerprint density at radius 1 is 1.53 bits per heavy atom. The van der Waals surface area contributed by atoms with Crippen LogP contribution in [-0.2, 0) is 0 Å². The highest BCUT2D eigenvalue weighted by atomic mass is 32.1. The van der Waals surface area contributed by atoms with Crippen LogP contribution in [0.4, 0.5) is 5.69 Å². The molecule has 0 fully saturated rings. The Hall–Kier alpha value is -1.62. The van der Waals surface area contributed by atoms with Gasteiger partial charge in [0.05, 0.1) is 5.69 Å². The number of nitrogens with one attached hydrogen (secondary N) is 1. The summed E-state index contributed by atoms with van der Waals surface area (Å²) >= 11 is 1.35. The summed E-state index contributed by atoms with van der Waals surface area (Å²) in [5.74, 6) is 0.309. The summed E-state index contributed by atoms with van der Waals surface area (Å²) in [4.78, 5) is 17.9. The van der Waals surface area contributed by atoms with Crippen LogP contribution in [0.15, 0.2) is 18.3 Å². The van der Waals surface area contributed by atoms with Crippen LogP contribution in [0.2, 0.25) is 0 Å². The molecule has 1 unspecified atom stereocenters. The second-order valence-electron chi connectivity index (χ2n) is 4.93. The predicted molar refractivity (Wildman–Crippen MR) is 80.4 cm³/mol. The number of amides is 1. The van der Waals surface area contributed by atoms with Gasteiger partial charge in [-0.2, -0.15) is 0 Å². The standard InChI is InChI=1S/C14H19N3OS/c1-4-10(8(2)3)17-13(18)12-11(15)9-6-5-7-16-14(9)19-12/h5-8,10H,4,15H2,1-3H3,(H,17,18). The summed E-state index contributed by atoms with van der Waals surface area (Å²) in [6.07, 6.45) is 2.62. The molecule has 0 aliphatic carbocycles. The first-order valence-electron chi connectivity index (χ1n) is 6.48. The molecule has 2 aromatic heterocycles. The maximum absolute atomic E-state index is 12.3. The van der Waals surface area contributed by atoms with Gasteiger partial charge in [0.15, 0.2) is 0 Å². The fraction of sp³-hybridized carbons (Fsp3) is 0.429. The molecule has 2 heterocycles. The summed E-state index contributed by atoms with van der Waals surface area (Å²) in [7, 11) is 0. The summed E-state index contributed by atoms with van der Waals surface area (Å²) in [6.45, 7) is 6.27. The third-order valence-electron chi connectivity index (χ3n) is 3.27. The van der Waals surface area contributed by atoms with E-state index in [0.717, 1.165) is 16.6 Å². The highest BCUT2D eigenvalue weighted by Crippen LogP contribution is 2.31. The second kappa shape index (κ2) is 5.57. The Labute approximate surface area is 117 Å². The van der Waals surface area contributed by atoms with E-state index < -0.39 is 0 Å². The smallest absolute Gasteiger partial charge is 0.263 e. The number of nitrogens with two attached hydrogens (primary N) is 1. The molecule has 1 atom stereocenters. The highest BCUT2D eigenvalue weighted by Gasteiger charge is 2.20. The Morgan fingerprint density at radius 3 is 2.84 bits per heavy atom. The Morgan fingerprint density at radius 2 is 2.26 bits per heavy atom. The van der Waals surface area contributed by atoms with Gasteiger partial charge in [0.2, 0.25) is 0 Å². The van der Waals surface area contributed by atoms with Gasteiger partial charge >= 0.3 is 0 Å².